The van der Waals surface area contributed by atoms with E-state index in [1.165, 1.54) is 6.20 Å². The summed E-state index contributed by atoms with van der Waals surface area (Å²) in [4.78, 5) is 6.26. The number of morpholine rings is 1. The van der Waals surface area contributed by atoms with Crippen molar-refractivity contribution in [3.05, 3.63) is 12.5 Å². The van der Waals surface area contributed by atoms with Crippen LogP contribution in [-0.2, 0) is 21.3 Å². The zero-order chi connectivity index (χ0) is 15.8. The van der Waals surface area contributed by atoms with Gasteiger partial charge < -0.3 is 9.30 Å². The molecule has 0 aromatic carbocycles. The Bertz CT molecular complexity index is 538. The minimum absolute atomic E-state index is 0.257. The van der Waals surface area contributed by atoms with E-state index in [-0.39, 0.29) is 5.03 Å². The second kappa shape index (κ2) is 8.61. The SMILES string of the molecule is CCCCn1cncc1S(=O)(=O)NCCCN1CCOCC1. The third kappa shape index (κ3) is 5.05. The van der Waals surface area contributed by atoms with Gasteiger partial charge in [-0.3, -0.25) is 4.90 Å². The molecule has 7 nitrogen and oxygen atoms in total. The zero-order valence-electron chi connectivity index (χ0n) is 13.2. The number of rotatable bonds is 9. The molecular weight excluding hydrogens is 304 g/mol. The van der Waals surface area contributed by atoms with Gasteiger partial charge in [0.15, 0.2) is 5.03 Å². The fraction of sp³-hybridized carbons (Fsp3) is 0.786. The second-order valence-corrected chi connectivity index (χ2v) is 7.20. The van der Waals surface area contributed by atoms with Gasteiger partial charge >= 0.3 is 0 Å². The molecule has 2 heterocycles. The van der Waals surface area contributed by atoms with Crippen LogP contribution in [0.1, 0.15) is 26.2 Å². The Hall–Kier alpha value is -0.960. The Morgan fingerprint density at radius 2 is 2.05 bits per heavy atom. The Morgan fingerprint density at radius 3 is 2.77 bits per heavy atom. The number of aryl methyl sites for hydroxylation is 1. The van der Waals surface area contributed by atoms with Gasteiger partial charge in [-0.15, -0.1) is 0 Å². The van der Waals surface area contributed by atoms with Crippen molar-refractivity contribution in [2.45, 2.75) is 37.8 Å². The molecule has 0 aliphatic carbocycles. The van der Waals surface area contributed by atoms with Crippen LogP contribution in [0.3, 0.4) is 0 Å². The summed E-state index contributed by atoms with van der Waals surface area (Å²) in [5.41, 5.74) is 0. The predicted molar refractivity (Wildman–Crippen MR) is 84.2 cm³/mol. The summed E-state index contributed by atoms with van der Waals surface area (Å²) in [6.07, 6.45) is 5.75. The van der Waals surface area contributed by atoms with E-state index in [2.05, 4.69) is 21.5 Å². The van der Waals surface area contributed by atoms with Gasteiger partial charge in [0.1, 0.15) is 0 Å². The van der Waals surface area contributed by atoms with E-state index < -0.39 is 10.0 Å². The molecule has 1 aliphatic rings. The van der Waals surface area contributed by atoms with Gasteiger partial charge in [0.25, 0.3) is 10.0 Å². The number of hydrogen-bond acceptors (Lipinski definition) is 5. The average molecular weight is 330 g/mol. The van der Waals surface area contributed by atoms with Crippen LogP contribution in [0, 0.1) is 0 Å². The molecule has 1 aliphatic heterocycles. The van der Waals surface area contributed by atoms with E-state index in [9.17, 15) is 8.42 Å². The van der Waals surface area contributed by atoms with Crippen molar-refractivity contribution in [3.8, 4) is 0 Å². The van der Waals surface area contributed by atoms with Crippen LogP contribution >= 0.6 is 0 Å². The minimum Gasteiger partial charge on any atom is -0.379 e. The molecular formula is C14H26N4O3S. The number of unbranched alkanes of at least 4 members (excludes halogenated alkanes) is 1. The van der Waals surface area contributed by atoms with Crippen LogP contribution in [0.25, 0.3) is 0 Å². The first-order valence-electron chi connectivity index (χ1n) is 7.93. The van der Waals surface area contributed by atoms with Gasteiger partial charge in [-0.25, -0.2) is 18.1 Å². The third-order valence-corrected chi connectivity index (χ3v) is 5.22. The normalized spacial score (nSPS) is 17.0. The molecule has 0 saturated carbocycles. The maximum absolute atomic E-state index is 12.3. The van der Waals surface area contributed by atoms with Gasteiger partial charge in [-0.05, 0) is 19.4 Å². The van der Waals surface area contributed by atoms with Crippen molar-refractivity contribution in [2.24, 2.45) is 0 Å². The summed E-state index contributed by atoms with van der Waals surface area (Å²) in [5.74, 6) is 0. The lowest BCUT2D eigenvalue weighted by Gasteiger charge is -2.26. The first kappa shape index (κ1) is 17.4. The summed E-state index contributed by atoms with van der Waals surface area (Å²) >= 11 is 0. The van der Waals surface area contributed by atoms with Crippen LogP contribution in [0.5, 0.6) is 0 Å². The molecule has 126 valence electrons. The molecule has 8 heteroatoms. The number of sulfonamides is 1. The van der Waals surface area contributed by atoms with Crippen LogP contribution in [0.15, 0.2) is 17.6 Å². The largest absolute Gasteiger partial charge is 0.379 e. The number of hydrogen-bond donors (Lipinski definition) is 1. The van der Waals surface area contributed by atoms with E-state index in [0.717, 1.165) is 52.1 Å². The van der Waals surface area contributed by atoms with Crippen molar-refractivity contribution in [2.75, 3.05) is 39.4 Å². The lowest BCUT2D eigenvalue weighted by molar-refractivity contribution is 0.0376. The fourth-order valence-electron chi connectivity index (χ4n) is 2.44. The van der Waals surface area contributed by atoms with E-state index in [4.69, 9.17) is 4.74 Å². The highest BCUT2D eigenvalue weighted by Gasteiger charge is 2.18. The van der Waals surface area contributed by atoms with Crippen LogP contribution in [-0.4, -0.2) is 62.3 Å². The van der Waals surface area contributed by atoms with Gasteiger partial charge in [0.2, 0.25) is 0 Å². The molecule has 1 aromatic rings. The summed E-state index contributed by atoms with van der Waals surface area (Å²) in [5, 5.41) is 0.257. The zero-order valence-corrected chi connectivity index (χ0v) is 14.0. The first-order chi connectivity index (χ1) is 10.6. The molecule has 0 atom stereocenters. The Kier molecular flexibility index (Phi) is 6.81. The standard InChI is InChI=1S/C14H26N4O3S/c1-2-3-7-18-13-15-12-14(18)22(19,20)16-5-4-6-17-8-10-21-11-9-17/h12-13,16H,2-11H2,1H3. The van der Waals surface area contributed by atoms with Gasteiger partial charge in [0.05, 0.1) is 25.7 Å². The lowest BCUT2D eigenvalue weighted by Crippen LogP contribution is -2.38. The predicted octanol–water partition coefficient (Wildman–Crippen LogP) is 0.684. The van der Waals surface area contributed by atoms with Crippen LogP contribution in [0.2, 0.25) is 0 Å². The number of ether oxygens (including phenoxy) is 1. The van der Waals surface area contributed by atoms with Gasteiger partial charge in [-0.2, -0.15) is 0 Å². The van der Waals surface area contributed by atoms with E-state index in [1.807, 2.05) is 0 Å². The summed E-state index contributed by atoms with van der Waals surface area (Å²) < 4.78 is 34.3. The number of imidazole rings is 1. The van der Waals surface area contributed by atoms with Crippen molar-refractivity contribution in [1.29, 1.82) is 0 Å². The average Bonchev–Trinajstić information content (AvgIpc) is 3.00. The van der Waals surface area contributed by atoms with E-state index in [1.54, 1.807) is 10.9 Å². The third-order valence-electron chi connectivity index (χ3n) is 3.75. The lowest BCUT2D eigenvalue weighted by atomic mass is 10.3. The highest BCUT2D eigenvalue weighted by molar-refractivity contribution is 7.89. The quantitative estimate of drug-likeness (QED) is 0.674. The number of nitrogens with one attached hydrogen (secondary N) is 1. The van der Waals surface area contributed by atoms with Crippen LogP contribution in [0.4, 0.5) is 0 Å². The fourth-order valence-corrected chi connectivity index (χ4v) is 3.64. The van der Waals surface area contributed by atoms with Crippen molar-refractivity contribution < 1.29 is 13.2 Å². The molecule has 1 N–H and O–H groups in total. The Balaban J connectivity index is 1.79. The number of aromatic nitrogens is 2. The first-order valence-corrected chi connectivity index (χ1v) is 9.41. The smallest absolute Gasteiger partial charge is 0.257 e. The maximum Gasteiger partial charge on any atom is 0.257 e. The summed E-state index contributed by atoms with van der Waals surface area (Å²) in [7, 11) is -3.47. The molecule has 0 unspecified atom stereocenters. The van der Waals surface area contributed by atoms with Crippen molar-refractivity contribution >= 4 is 10.0 Å². The molecule has 22 heavy (non-hydrogen) atoms. The Labute approximate surface area is 132 Å². The summed E-state index contributed by atoms with van der Waals surface area (Å²) in [6, 6.07) is 0. The molecule has 0 amide bonds. The van der Waals surface area contributed by atoms with E-state index >= 15 is 0 Å². The van der Waals surface area contributed by atoms with Crippen LogP contribution < -0.4 is 4.72 Å². The molecule has 0 spiro atoms. The second-order valence-electron chi connectivity index (χ2n) is 5.48. The molecule has 1 fully saturated rings. The van der Waals surface area contributed by atoms with Gasteiger partial charge in [0, 0.05) is 26.2 Å². The Morgan fingerprint density at radius 1 is 1.27 bits per heavy atom. The molecule has 0 bridgehead atoms. The van der Waals surface area contributed by atoms with Gasteiger partial charge in [-0.1, -0.05) is 13.3 Å². The van der Waals surface area contributed by atoms with E-state index in [0.29, 0.717) is 13.1 Å². The molecule has 1 saturated heterocycles. The summed E-state index contributed by atoms with van der Waals surface area (Å²) in [6.45, 7) is 7.48. The number of nitrogens with zero attached hydrogens (tertiary/aromatic N) is 3. The monoisotopic (exact) mass is 330 g/mol. The van der Waals surface area contributed by atoms with Crippen molar-refractivity contribution in [1.82, 2.24) is 19.2 Å². The van der Waals surface area contributed by atoms with Crippen molar-refractivity contribution in [3.63, 3.8) is 0 Å². The molecule has 2 rings (SSSR count). The highest BCUT2D eigenvalue weighted by Crippen LogP contribution is 2.09. The minimum atomic E-state index is -3.47. The highest BCUT2D eigenvalue weighted by atomic mass is 32.2. The molecule has 1 aromatic heterocycles. The maximum atomic E-state index is 12.3. The molecule has 0 radical (unpaired) electrons. The topological polar surface area (TPSA) is 76.5 Å².